The minimum Gasteiger partial charge on any atom is -0.497 e. The molecule has 0 aliphatic heterocycles. The first kappa shape index (κ1) is 16.4. The van der Waals surface area contributed by atoms with E-state index in [0.29, 0.717) is 0 Å². The summed E-state index contributed by atoms with van der Waals surface area (Å²) in [6.07, 6.45) is 3.40. The summed E-state index contributed by atoms with van der Waals surface area (Å²) in [4.78, 5) is 11.5. The number of rotatable bonds is 7. The van der Waals surface area contributed by atoms with E-state index in [0.717, 1.165) is 49.2 Å². The van der Waals surface area contributed by atoms with E-state index in [1.54, 1.807) is 7.11 Å². The Hall–Kier alpha value is -2.49. The van der Waals surface area contributed by atoms with Crippen molar-refractivity contribution in [1.82, 2.24) is 0 Å². The van der Waals surface area contributed by atoms with E-state index in [9.17, 15) is 9.90 Å². The van der Waals surface area contributed by atoms with E-state index < -0.39 is 11.4 Å². The van der Waals surface area contributed by atoms with Crippen molar-refractivity contribution >= 4 is 11.7 Å². The molecule has 0 unspecified atom stereocenters. The SMILES string of the molecule is COc1ccc(CCNc2ccc(C3(C(=O)O)CCC3)cc2)cc1. The number of ether oxygens (including phenoxy) is 1. The van der Waals surface area contributed by atoms with E-state index in [4.69, 9.17) is 4.74 Å². The maximum absolute atomic E-state index is 11.5. The topological polar surface area (TPSA) is 58.6 Å². The Morgan fingerprint density at radius 1 is 1.12 bits per heavy atom. The molecule has 0 amide bonds. The Balaban J connectivity index is 1.55. The second-order valence-electron chi connectivity index (χ2n) is 6.34. The average molecular weight is 325 g/mol. The summed E-state index contributed by atoms with van der Waals surface area (Å²) in [7, 11) is 1.66. The molecule has 0 radical (unpaired) electrons. The average Bonchev–Trinajstić information content (AvgIpc) is 2.55. The quantitative estimate of drug-likeness (QED) is 0.811. The van der Waals surface area contributed by atoms with Gasteiger partial charge in [0.15, 0.2) is 0 Å². The van der Waals surface area contributed by atoms with Gasteiger partial charge in [0.2, 0.25) is 0 Å². The molecule has 24 heavy (non-hydrogen) atoms. The highest BCUT2D eigenvalue weighted by Gasteiger charge is 2.45. The number of carboxylic acid groups (broad SMARTS) is 1. The Morgan fingerprint density at radius 2 is 1.79 bits per heavy atom. The molecular weight excluding hydrogens is 302 g/mol. The lowest BCUT2D eigenvalue weighted by molar-refractivity contribution is -0.147. The van der Waals surface area contributed by atoms with Gasteiger partial charge in [-0.3, -0.25) is 4.79 Å². The number of nitrogens with one attached hydrogen (secondary N) is 1. The molecule has 0 aromatic heterocycles. The molecule has 1 saturated carbocycles. The van der Waals surface area contributed by atoms with E-state index >= 15 is 0 Å². The molecule has 2 aromatic carbocycles. The normalized spacial score (nSPS) is 15.4. The number of hydrogen-bond donors (Lipinski definition) is 2. The summed E-state index contributed by atoms with van der Waals surface area (Å²) < 4.78 is 5.15. The molecule has 2 N–H and O–H groups in total. The number of aliphatic carboxylic acids is 1. The summed E-state index contributed by atoms with van der Waals surface area (Å²) >= 11 is 0. The van der Waals surface area contributed by atoms with Gasteiger partial charge >= 0.3 is 5.97 Å². The van der Waals surface area contributed by atoms with Crippen molar-refractivity contribution in [1.29, 1.82) is 0 Å². The van der Waals surface area contributed by atoms with Crippen molar-refractivity contribution in [3.8, 4) is 5.75 Å². The summed E-state index contributed by atoms with van der Waals surface area (Å²) in [6, 6.07) is 15.9. The predicted molar refractivity (Wildman–Crippen MR) is 94.8 cm³/mol. The van der Waals surface area contributed by atoms with Crippen LogP contribution in [0.25, 0.3) is 0 Å². The predicted octanol–water partition coefficient (Wildman–Crippen LogP) is 3.86. The Bertz CT molecular complexity index is 688. The molecule has 0 saturated heterocycles. The monoisotopic (exact) mass is 325 g/mol. The third-order valence-corrected chi connectivity index (χ3v) is 4.96. The fraction of sp³-hybridized carbons (Fsp3) is 0.350. The zero-order valence-corrected chi connectivity index (χ0v) is 13.9. The Kier molecular flexibility index (Phi) is 4.74. The minimum absolute atomic E-state index is 0.651. The smallest absolute Gasteiger partial charge is 0.314 e. The molecule has 126 valence electrons. The van der Waals surface area contributed by atoms with Gasteiger partial charge in [-0.2, -0.15) is 0 Å². The second kappa shape index (κ2) is 6.95. The first-order valence-corrected chi connectivity index (χ1v) is 8.35. The molecule has 4 nitrogen and oxygen atoms in total. The number of carboxylic acids is 1. The van der Waals surface area contributed by atoms with Gasteiger partial charge in [-0.25, -0.2) is 0 Å². The van der Waals surface area contributed by atoms with Crippen LogP contribution >= 0.6 is 0 Å². The van der Waals surface area contributed by atoms with Crippen LogP contribution in [-0.2, 0) is 16.6 Å². The van der Waals surface area contributed by atoms with Gasteiger partial charge in [0.1, 0.15) is 5.75 Å². The largest absolute Gasteiger partial charge is 0.497 e. The highest BCUT2D eigenvalue weighted by Crippen LogP contribution is 2.44. The molecule has 4 heteroatoms. The third kappa shape index (κ3) is 3.23. The van der Waals surface area contributed by atoms with Crippen molar-refractivity contribution < 1.29 is 14.6 Å². The number of methoxy groups -OCH3 is 1. The molecule has 0 heterocycles. The standard InChI is InChI=1S/C20H23NO3/c1-24-18-9-3-15(4-10-18)11-14-21-17-7-5-16(6-8-17)20(19(22)23)12-2-13-20/h3-10,21H,2,11-14H2,1H3,(H,22,23). The first-order chi connectivity index (χ1) is 11.6. The van der Waals surface area contributed by atoms with Crippen molar-refractivity contribution in [2.45, 2.75) is 31.1 Å². The maximum Gasteiger partial charge on any atom is 0.314 e. The van der Waals surface area contributed by atoms with Crippen molar-refractivity contribution in [2.24, 2.45) is 0 Å². The minimum atomic E-state index is -0.700. The van der Waals surface area contributed by atoms with Gasteiger partial charge in [0.25, 0.3) is 0 Å². The van der Waals surface area contributed by atoms with Crippen LogP contribution in [0.5, 0.6) is 5.75 Å². The molecule has 1 fully saturated rings. The molecule has 0 atom stereocenters. The lowest BCUT2D eigenvalue weighted by atomic mass is 9.64. The van der Waals surface area contributed by atoms with Crippen molar-refractivity contribution in [2.75, 3.05) is 19.0 Å². The highest BCUT2D eigenvalue weighted by atomic mass is 16.5. The first-order valence-electron chi connectivity index (χ1n) is 8.35. The number of benzene rings is 2. The van der Waals surface area contributed by atoms with E-state index in [1.807, 2.05) is 36.4 Å². The fourth-order valence-corrected chi connectivity index (χ4v) is 3.21. The van der Waals surface area contributed by atoms with Crippen LogP contribution in [0.2, 0.25) is 0 Å². The van der Waals surface area contributed by atoms with Crippen LogP contribution < -0.4 is 10.1 Å². The second-order valence-corrected chi connectivity index (χ2v) is 6.34. The van der Waals surface area contributed by atoms with Crippen molar-refractivity contribution in [3.05, 3.63) is 59.7 Å². The van der Waals surface area contributed by atoms with Gasteiger partial charge in [0, 0.05) is 12.2 Å². The van der Waals surface area contributed by atoms with Gasteiger partial charge in [-0.1, -0.05) is 30.7 Å². The summed E-state index contributed by atoms with van der Waals surface area (Å²) in [5.41, 5.74) is 2.54. The number of carbonyl (C=O) groups is 1. The molecule has 2 aromatic rings. The van der Waals surface area contributed by atoms with E-state index in [-0.39, 0.29) is 0 Å². The van der Waals surface area contributed by atoms with Crippen LogP contribution in [0.15, 0.2) is 48.5 Å². The van der Waals surface area contributed by atoms with Crippen molar-refractivity contribution in [3.63, 3.8) is 0 Å². The summed E-state index contributed by atoms with van der Waals surface area (Å²) in [5, 5.41) is 12.9. The zero-order valence-electron chi connectivity index (χ0n) is 13.9. The van der Waals surface area contributed by atoms with Crippen LogP contribution in [0, 0.1) is 0 Å². The number of hydrogen-bond acceptors (Lipinski definition) is 3. The van der Waals surface area contributed by atoms with E-state index in [1.165, 1.54) is 5.56 Å². The van der Waals surface area contributed by atoms with Gasteiger partial charge < -0.3 is 15.2 Å². The highest BCUT2D eigenvalue weighted by molar-refractivity contribution is 5.82. The van der Waals surface area contributed by atoms with Crippen LogP contribution in [0.3, 0.4) is 0 Å². The maximum atomic E-state index is 11.5. The lowest BCUT2D eigenvalue weighted by Crippen LogP contribution is -2.42. The fourth-order valence-electron chi connectivity index (χ4n) is 3.21. The summed E-state index contributed by atoms with van der Waals surface area (Å²) in [5.74, 6) is 0.166. The number of anilines is 1. The van der Waals surface area contributed by atoms with Crippen LogP contribution in [-0.4, -0.2) is 24.7 Å². The summed E-state index contributed by atoms with van der Waals surface area (Å²) in [6.45, 7) is 0.829. The van der Waals surface area contributed by atoms with E-state index in [2.05, 4.69) is 17.4 Å². The molecule has 0 bridgehead atoms. The molecule has 0 spiro atoms. The molecular formula is C20H23NO3. The zero-order chi connectivity index (χ0) is 17.0. The molecule has 3 rings (SSSR count). The van der Waals surface area contributed by atoms with Crippen LogP contribution in [0.4, 0.5) is 5.69 Å². The molecule has 1 aliphatic carbocycles. The van der Waals surface area contributed by atoms with Gasteiger partial charge in [-0.15, -0.1) is 0 Å². The lowest BCUT2D eigenvalue weighted by Gasteiger charge is -2.38. The Morgan fingerprint density at radius 3 is 2.29 bits per heavy atom. The van der Waals surface area contributed by atoms with Gasteiger partial charge in [0.05, 0.1) is 12.5 Å². The molecule has 1 aliphatic rings. The third-order valence-electron chi connectivity index (χ3n) is 4.96. The Labute approximate surface area is 142 Å². The van der Waals surface area contributed by atoms with Crippen LogP contribution in [0.1, 0.15) is 30.4 Å². The van der Waals surface area contributed by atoms with Gasteiger partial charge in [-0.05, 0) is 54.7 Å².